The van der Waals surface area contributed by atoms with E-state index in [0.29, 0.717) is 24.3 Å². The van der Waals surface area contributed by atoms with Crippen molar-refractivity contribution in [1.29, 1.82) is 0 Å². The van der Waals surface area contributed by atoms with Crippen molar-refractivity contribution in [3.63, 3.8) is 0 Å². The first kappa shape index (κ1) is 17.1. The molecule has 6 heteroatoms. The van der Waals surface area contributed by atoms with Gasteiger partial charge in [-0.25, -0.2) is 0 Å². The number of piperidine rings is 1. The normalized spacial score (nSPS) is 15.1. The van der Waals surface area contributed by atoms with Gasteiger partial charge in [-0.3, -0.25) is 19.6 Å². The van der Waals surface area contributed by atoms with Crippen LogP contribution < -0.4 is 5.73 Å². The van der Waals surface area contributed by atoms with E-state index in [1.54, 1.807) is 24.5 Å². The number of aryl methyl sites for hydroxylation is 1. The predicted molar refractivity (Wildman–Crippen MR) is 93.9 cm³/mol. The van der Waals surface area contributed by atoms with E-state index in [1.807, 2.05) is 23.1 Å². The molecule has 0 spiro atoms. The van der Waals surface area contributed by atoms with Gasteiger partial charge in [0.05, 0.1) is 0 Å². The van der Waals surface area contributed by atoms with E-state index in [1.165, 1.54) is 0 Å². The van der Waals surface area contributed by atoms with Crippen molar-refractivity contribution < 1.29 is 9.59 Å². The van der Waals surface area contributed by atoms with Crippen molar-refractivity contribution in [1.82, 2.24) is 14.9 Å². The van der Waals surface area contributed by atoms with Crippen LogP contribution in [0.4, 0.5) is 0 Å². The maximum absolute atomic E-state index is 12.5. The van der Waals surface area contributed by atoms with E-state index in [9.17, 15) is 9.59 Å². The molecule has 0 bridgehead atoms. The summed E-state index contributed by atoms with van der Waals surface area (Å²) >= 11 is 0. The molecule has 0 aromatic carbocycles. The van der Waals surface area contributed by atoms with E-state index in [2.05, 4.69) is 9.97 Å². The van der Waals surface area contributed by atoms with Crippen molar-refractivity contribution in [3.05, 3.63) is 59.7 Å². The number of likely N-dealkylation sites (tertiary alicyclic amines) is 1. The summed E-state index contributed by atoms with van der Waals surface area (Å²) in [6.07, 6.45) is 5.95. The molecule has 6 nitrogen and oxygen atoms in total. The van der Waals surface area contributed by atoms with Gasteiger partial charge in [-0.15, -0.1) is 0 Å². The number of aromatic nitrogens is 2. The van der Waals surface area contributed by atoms with Crippen LogP contribution in [0.2, 0.25) is 0 Å². The summed E-state index contributed by atoms with van der Waals surface area (Å²) in [5, 5.41) is 0. The molecule has 0 unspecified atom stereocenters. The molecule has 2 N–H and O–H groups in total. The molecule has 0 aliphatic carbocycles. The molecule has 0 atom stereocenters. The number of pyridine rings is 2. The highest BCUT2D eigenvalue weighted by Crippen LogP contribution is 2.27. The largest absolute Gasteiger partial charge is 0.370 e. The second-order valence-electron chi connectivity index (χ2n) is 6.32. The number of hydrogen-bond acceptors (Lipinski definition) is 4. The lowest BCUT2D eigenvalue weighted by Crippen LogP contribution is -2.38. The van der Waals surface area contributed by atoms with Gasteiger partial charge in [-0.2, -0.15) is 0 Å². The van der Waals surface area contributed by atoms with Crippen molar-refractivity contribution in [3.8, 4) is 0 Å². The van der Waals surface area contributed by atoms with E-state index in [-0.39, 0.29) is 11.8 Å². The van der Waals surface area contributed by atoms with Gasteiger partial charge in [0.2, 0.25) is 5.91 Å². The minimum atomic E-state index is -0.310. The van der Waals surface area contributed by atoms with Gasteiger partial charge in [0.1, 0.15) is 0 Å². The van der Waals surface area contributed by atoms with Crippen LogP contribution in [0.15, 0.2) is 42.7 Å². The quantitative estimate of drug-likeness (QED) is 0.902. The lowest BCUT2D eigenvalue weighted by Gasteiger charge is -2.32. The lowest BCUT2D eigenvalue weighted by atomic mass is 9.92. The Kier molecular flexibility index (Phi) is 5.38. The molecule has 25 heavy (non-hydrogen) atoms. The summed E-state index contributed by atoms with van der Waals surface area (Å²) in [4.78, 5) is 33.9. The first-order valence-electron chi connectivity index (χ1n) is 8.57. The van der Waals surface area contributed by atoms with Gasteiger partial charge in [0.15, 0.2) is 0 Å². The third-order valence-corrected chi connectivity index (χ3v) is 4.58. The molecule has 130 valence electrons. The highest BCUT2D eigenvalue weighted by Gasteiger charge is 2.25. The van der Waals surface area contributed by atoms with E-state index in [0.717, 1.165) is 37.3 Å². The molecular weight excluding hydrogens is 316 g/mol. The average Bonchev–Trinajstić information content (AvgIpc) is 2.67. The Morgan fingerprint density at radius 2 is 1.84 bits per heavy atom. The van der Waals surface area contributed by atoms with Crippen LogP contribution in [0.25, 0.3) is 0 Å². The fourth-order valence-corrected chi connectivity index (χ4v) is 3.17. The Bertz CT molecular complexity index is 740. The lowest BCUT2D eigenvalue weighted by molar-refractivity contribution is -0.118. The second kappa shape index (κ2) is 7.88. The zero-order valence-electron chi connectivity index (χ0n) is 14.1. The fourth-order valence-electron chi connectivity index (χ4n) is 3.17. The molecule has 1 fully saturated rings. The summed E-state index contributed by atoms with van der Waals surface area (Å²) in [6, 6.07) is 9.43. The Labute approximate surface area is 147 Å². The minimum absolute atomic E-state index is 0.0593. The molecule has 1 aliphatic rings. The first-order valence-corrected chi connectivity index (χ1v) is 8.57. The van der Waals surface area contributed by atoms with Crippen molar-refractivity contribution in [2.45, 2.75) is 31.6 Å². The second-order valence-corrected chi connectivity index (χ2v) is 6.32. The number of primary amides is 1. The number of carbonyl (C=O) groups excluding carboxylic acids is 2. The molecule has 0 radical (unpaired) electrons. The minimum Gasteiger partial charge on any atom is -0.370 e. The third kappa shape index (κ3) is 4.41. The van der Waals surface area contributed by atoms with Crippen LogP contribution in [0.3, 0.4) is 0 Å². The molecule has 1 saturated heterocycles. The number of hydrogen-bond donors (Lipinski definition) is 1. The molecule has 3 rings (SSSR count). The van der Waals surface area contributed by atoms with Gasteiger partial charge >= 0.3 is 0 Å². The summed E-state index contributed by atoms with van der Waals surface area (Å²) in [6.45, 7) is 1.44. The maximum Gasteiger partial charge on any atom is 0.253 e. The molecule has 2 aromatic rings. The topological polar surface area (TPSA) is 89.2 Å². The number of amides is 2. The number of rotatable bonds is 5. The smallest absolute Gasteiger partial charge is 0.253 e. The molecule has 3 heterocycles. The van der Waals surface area contributed by atoms with Gasteiger partial charge in [0, 0.05) is 54.8 Å². The zero-order valence-corrected chi connectivity index (χ0v) is 14.1. The van der Waals surface area contributed by atoms with Crippen molar-refractivity contribution in [2.24, 2.45) is 5.73 Å². The molecule has 2 aromatic heterocycles. The predicted octanol–water partition coefficient (Wildman–Crippen LogP) is 1.91. The van der Waals surface area contributed by atoms with Crippen LogP contribution in [0.1, 0.15) is 46.9 Å². The Morgan fingerprint density at radius 1 is 1.12 bits per heavy atom. The Balaban J connectivity index is 1.60. The Morgan fingerprint density at radius 3 is 2.52 bits per heavy atom. The van der Waals surface area contributed by atoms with E-state index >= 15 is 0 Å². The fraction of sp³-hybridized carbons (Fsp3) is 0.368. The molecular formula is C19H22N4O2. The summed E-state index contributed by atoms with van der Waals surface area (Å²) in [5.41, 5.74) is 7.82. The Hall–Kier alpha value is -2.76. The van der Waals surface area contributed by atoms with Gasteiger partial charge in [0.25, 0.3) is 5.91 Å². The zero-order chi connectivity index (χ0) is 17.6. The third-order valence-electron chi connectivity index (χ3n) is 4.58. The van der Waals surface area contributed by atoms with Crippen LogP contribution in [0.5, 0.6) is 0 Å². The van der Waals surface area contributed by atoms with Crippen LogP contribution in [-0.2, 0) is 11.2 Å². The van der Waals surface area contributed by atoms with Gasteiger partial charge in [-0.05, 0) is 43.5 Å². The SMILES string of the molecule is NC(=O)CCc1cccc(C2CCN(C(=O)c3ccncc3)CC2)n1. The highest BCUT2D eigenvalue weighted by molar-refractivity contribution is 5.94. The summed E-state index contributed by atoms with van der Waals surface area (Å²) < 4.78 is 0. The number of carbonyl (C=O) groups is 2. The van der Waals surface area contributed by atoms with Crippen molar-refractivity contribution >= 4 is 11.8 Å². The van der Waals surface area contributed by atoms with E-state index in [4.69, 9.17) is 5.73 Å². The monoisotopic (exact) mass is 338 g/mol. The highest BCUT2D eigenvalue weighted by atomic mass is 16.2. The van der Waals surface area contributed by atoms with Crippen molar-refractivity contribution in [2.75, 3.05) is 13.1 Å². The van der Waals surface area contributed by atoms with Gasteiger partial charge < -0.3 is 10.6 Å². The van der Waals surface area contributed by atoms with E-state index < -0.39 is 0 Å². The standard InChI is InChI=1S/C19H22N4O2/c20-18(24)5-4-16-2-1-3-17(22-16)14-8-12-23(13-9-14)19(25)15-6-10-21-11-7-15/h1-3,6-7,10-11,14H,4-5,8-9,12-13H2,(H2,20,24). The number of nitrogens with zero attached hydrogens (tertiary/aromatic N) is 3. The molecule has 2 amide bonds. The molecule has 0 saturated carbocycles. The van der Waals surface area contributed by atoms with Crippen LogP contribution in [-0.4, -0.2) is 39.8 Å². The molecule has 1 aliphatic heterocycles. The van der Waals surface area contributed by atoms with Crippen LogP contribution >= 0.6 is 0 Å². The average molecular weight is 338 g/mol. The van der Waals surface area contributed by atoms with Crippen LogP contribution in [0, 0.1) is 0 Å². The van der Waals surface area contributed by atoms with Gasteiger partial charge in [-0.1, -0.05) is 6.07 Å². The maximum atomic E-state index is 12.5. The summed E-state index contributed by atoms with van der Waals surface area (Å²) in [5.74, 6) is 0.0918. The first-order chi connectivity index (χ1) is 12.1. The summed E-state index contributed by atoms with van der Waals surface area (Å²) in [7, 11) is 0. The number of nitrogens with two attached hydrogens (primary N) is 1.